The maximum Gasteiger partial charge on any atom is 0.192 e. The molecule has 136 valence electrons. The quantitative estimate of drug-likeness (QED) is 0.371. The summed E-state index contributed by atoms with van der Waals surface area (Å²) < 4.78 is 43.5. The first-order valence-corrected chi connectivity index (χ1v) is 9.30. The number of benzene rings is 2. The van der Waals surface area contributed by atoms with Crippen LogP contribution >= 0.6 is 34.9 Å². The van der Waals surface area contributed by atoms with E-state index < -0.39 is 23.6 Å². The summed E-state index contributed by atoms with van der Waals surface area (Å²) in [6.07, 6.45) is 0.734. The molecular weight excluding hydrogens is 405 g/mol. The minimum Gasteiger partial charge on any atom is -0.365 e. The molecule has 1 heterocycles. The molecule has 10 heteroatoms. The molecule has 2 aromatic carbocycles. The highest BCUT2D eigenvalue weighted by atomic mass is 35.5. The number of hydrogen-bond donors (Lipinski definition) is 3. The summed E-state index contributed by atoms with van der Waals surface area (Å²) in [6, 6.07) is 5.90. The summed E-state index contributed by atoms with van der Waals surface area (Å²) in [5, 5.41) is 5.44. The topological polar surface area (TPSA) is 63.0 Å². The predicted octanol–water partition coefficient (Wildman–Crippen LogP) is 5.40. The third kappa shape index (κ3) is 4.42. The van der Waals surface area contributed by atoms with Gasteiger partial charge in [0.15, 0.2) is 16.8 Å². The van der Waals surface area contributed by atoms with E-state index in [0.717, 1.165) is 24.1 Å². The average molecular weight is 417 g/mol. The number of thiazole rings is 1. The zero-order valence-electron chi connectivity index (χ0n) is 13.0. The van der Waals surface area contributed by atoms with Crippen LogP contribution in [0.3, 0.4) is 0 Å². The smallest absolute Gasteiger partial charge is 0.192 e. The second kappa shape index (κ2) is 8.17. The van der Waals surface area contributed by atoms with Gasteiger partial charge in [-0.1, -0.05) is 17.7 Å². The van der Waals surface area contributed by atoms with Crippen molar-refractivity contribution in [3.05, 3.63) is 69.9 Å². The first-order valence-electron chi connectivity index (χ1n) is 7.22. The molecule has 0 unspecified atom stereocenters. The van der Waals surface area contributed by atoms with E-state index in [1.165, 1.54) is 29.5 Å². The Bertz CT molecular complexity index is 909. The number of nitrogens with two attached hydrogens (primary N) is 1. The van der Waals surface area contributed by atoms with Crippen molar-refractivity contribution in [2.45, 2.75) is 11.1 Å². The van der Waals surface area contributed by atoms with Crippen LogP contribution in [0.25, 0.3) is 0 Å². The lowest BCUT2D eigenvalue weighted by Gasteiger charge is -2.18. The molecule has 3 rings (SSSR count). The van der Waals surface area contributed by atoms with E-state index >= 15 is 0 Å². The van der Waals surface area contributed by atoms with Crippen molar-refractivity contribution >= 4 is 45.7 Å². The van der Waals surface area contributed by atoms with Crippen molar-refractivity contribution in [3.8, 4) is 0 Å². The highest BCUT2D eigenvalue weighted by Gasteiger charge is 2.14. The van der Waals surface area contributed by atoms with Gasteiger partial charge in [0.2, 0.25) is 0 Å². The molecule has 4 N–H and O–H groups in total. The van der Waals surface area contributed by atoms with Crippen LogP contribution in [-0.4, -0.2) is 4.98 Å². The van der Waals surface area contributed by atoms with Crippen LogP contribution in [0.5, 0.6) is 0 Å². The van der Waals surface area contributed by atoms with E-state index in [-0.39, 0.29) is 15.6 Å². The summed E-state index contributed by atoms with van der Waals surface area (Å²) in [5.41, 5.74) is 6.45. The molecular formula is C16H12ClF3N4S2. The largest absolute Gasteiger partial charge is 0.365 e. The number of aromatic nitrogens is 1. The fraction of sp³-hybridized carbons (Fsp3) is 0.0625. The van der Waals surface area contributed by atoms with Crippen LogP contribution in [0.1, 0.15) is 11.7 Å². The van der Waals surface area contributed by atoms with E-state index in [1.807, 2.05) is 0 Å². The Morgan fingerprint density at radius 3 is 2.62 bits per heavy atom. The molecule has 0 aliphatic rings. The summed E-state index contributed by atoms with van der Waals surface area (Å²) in [5.74, 6) is -2.51. The van der Waals surface area contributed by atoms with E-state index in [4.69, 9.17) is 17.3 Å². The average Bonchev–Trinajstić information content (AvgIpc) is 3.12. The van der Waals surface area contributed by atoms with Gasteiger partial charge in [-0.2, -0.15) is 0 Å². The van der Waals surface area contributed by atoms with Gasteiger partial charge in [0, 0.05) is 11.6 Å². The fourth-order valence-corrected chi connectivity index (χ4v) is 3.60. The third-order valence-electron chi connectivity index (χ3n) is 3.32. The van der Waals surface area contributed by atoms with Gasteiger partial charge in [0.1, 0.15) is 12.0 Å². The van der Waals surface area contributed by atoms with Crippen molar-refractivity contribution in [2.75, 3.05) is 10.0 Å². The summed E-state index contributed by atoms with van der Waals surface area (Å²) in [6.45, 7) is 0. The Hall–Kier alpha value is -1.94. The SMILES string of the molecule is N[C@H](Nc1cc(F)c(SNc2nccs2)cc1Cl)c1ccc(F)c(F)c1. The van der Waals surface area contributed by atoms with E-state index in [1.54, 1.807) is 11.6 Å². The number of nitrogens with zero attached hydrogens (tertiary/aromatic N) is 1. The third-order valence-corrected chi connectivity index (χ3v) is 5.27. The van der Waals surface area contributed by atoms with E-state index in [9.17, 15) is 13.2 Å². The molecule has 26 heavy (non-hydrogen) atoms. The summed E-state index contributed by atoms with van der Waals surface area (Å²) >= 11 is 8.59. The van der Waals surface area contributed by atoms with Crippen molar-refractivity contribution in [3.63, 3.8) is 0 Å². The van der Waals surface area contributed by atoms with Crippen LogP contribution in [0, 0.1) is 17.5 Å². The molecule has 0 radical (unpaired) electrons. The molecule has 0 aliphatic carbocycles. The molecule has 0 fully saturated rings. The van der Waals surface area contributed by atoms with Crippen LogP contribution in [0.15, 0.2) is 46.8 Å². The number of nitrogens with one attached hydrogen (secondary N) is 2. The van der Waals surface area contributed by atoms with Gasteiger partial charge in [-0.05, 0) is 41.8 Å². The van der Waals surface area contributed by atoms with Gasteiger partial charge >= 0.3 is 0 Å². The van der Waals surface area contributed by atoms with Gasteiger partial charge in [-0.25, -0.2) is 18.2 Å². The minimum atomic E-state index is -1.02. The number of hydrogen-bond acceptors (Lipinski definition) is 6. The van der Waals surface area contributed by atoms with Crippen molar-refractivity contribution < 1.29 is 13.2 Å². The first kappa shape index (κ1) is 18.8. The molecule has 0 saturated carbocycles. The maximum absolute atomic E-state index is 14.3. The molecule has 0 saturated heterocycles. The van der Waals surface area contributed by atoms with Crippen molar-refractivity contribution in [1.82, 2.24) is 4.98 Å². The lowest BCUT2D eigenvalue weighted by Crippen LogP contribution is -2.20. The van der Waals surface area contributed by atoms with E-state index in [2.05, 4.69) is 15.0 Å². The molecule has 3 aromatic rings. The monoisotopic (exact) mass is 416 g/mol. The lowest BCUT2D eigenvalue weighted by atomic mass is 10.1. The van der Waals surface area contributed by atoms with Gasteiger partial charge < -0.3 is 15.8 Å². The summed E-state index contributed by atoms with van der Waals surface area (Å²) in [4.78, 5) is 4.31. The Morgan fingerprint density at radius 1 is 1.12 bits per heavy atom. The van der Waals surface area contributed by atoms with Gasteiger partial charge in [0.05, 0.1) is 15.6 Å². The normalized spacial score (nSPS) is 12.0. The maximum atomic E-state index is 14.3. The standard InChI is InChI=1S/C16H12ClF3N4S2/c17-9-6-14(26-24-16-22-3-4-25-16)12(20)7-13(9)23-15(21)8-1-2-10(18)11(19)5-8/h1-7,15,23H,21H2,(H,22,24)/t15-/m1/s1. The zero-order chi connectivity index (χ0) is 18.7. The van der Waals surface area contributed by atoms with Crippen LogP contribution in [-0.2, 0) is 0 Å². The van der Waals surface area contributed by atoms with Gasteiger partial charge in [-0.15, -0.1) is 11.3 Å². The van der Waals surface area contributed by atoms with Crippen LogP contribution in [0.2, 0.25) is 5.02 Å². The Balaban J connectivity index is 1.73. The van der Waals surface area contributed by atoms with Gasteiger partial charge in [-0.3, -0.25) is 0 Å². The fourth-order valence-electron chi connectivity index (χ4n) is 2.05. The van der Waals surface area contributed by atoms with Gasteiger partial charge in [0.25, 0.3) is 0 Å². The molecule has 0 aliphatic heterocycles. The molecule has 1 atom stereocenters. The molecule has 0 spiro atoms. The predicted molar refractivity (Wildman–Crippen MR) is 99.9 cm³/mol. The number of anilines is 2. The minimum absolute atomic E-state index is 0.230. The van der Waals surface area contributed by atoms with E-state index in [0.29, 0.717) is 10.7 Å². The molecule has 4 nitrogen and oxygen atoms in total. The summed E-state index contributed by atoms with van der Waals surface area (Å²) in [7, 11) is 0. The Labute approximate surface area is 160 Å². The Kier molecular flexibility index (Phi) is 5.92. The molecule has 1 aromatic heterocycles. The van der Waals surface area contributed by atoms with Crippen LogP contribution in [0.4, 0.5) is 24.0 Å². The Morgan fingerprint density at radius 2 is 1.92 bits per heavy atom. The second-order valence-electron chi connectivity index (χ2n) is 5.10. The zero-order valence-corrected chi connectivity index (χ0v) is 15.4. The van der Waals surface area contributed by atoms with Crippen LogP contribution < -0.4 is 15.8 Å². The molecule has 0 bridgehead atoms. The number of rotatable bonds is 6. The second-order valence-corrected chi connectivity index (χ2v) is 7.25. The van der Waals surface area contributed by atoms with Crippen molar-refractivity contribution in [1.29, 1.82) is 0 Å². The lowest BCUT2D eigenvalue weighted by molar-refractivity contribution is 0.506. The van der Waals surface area contributed by atoms with Crippen molar-refractivity contribution in [2.24, 2.45) is 5.73 Å². The number of halogens is 4. The highest BCUT2D eigenvalue weighted by molar-refractivity contribution is 8.00. The first-order chi connectivity index (χ1) is 12.4. The molecule has 0 amide bonds. The highest BCUT2D eigenvalue weighted by Crippen LogP contribution is 2.33.